The zero-order valence-corrected chi connectivity index (χ0v) is 11.6. The van der Waals surface area contributed by atoms with Gasteiger partial charge in [-0.25, -0.2) is 4.39 Å². The van der Waals surface area contributed by atoms with Crippen LogP contribution in [0.1, 0.15) is 23.7 Å². The predicted molar refractivity (Wildman–Crippen MR) is 78.5 cm³/mol. The van der Waals surface area contributed by atoms with E-state index in [-0.39, 0.29) is 5.02 Å². The van der Waals surface area contributed by atoms with Crippen molar-refractivity contribution < 1.29 is 9.50 Å². The normalized spacial score (nSPS) is 17.9. The molecule has 0 bridgehead atoms. The molecule has 1 unspecified atom stereocenters. The number of anilines is 1. The highest BCUT2D eigenvalue weighted by Gasteiger charge is 2.23. The zero-order chi connectivity index (χ0) is 14.1. The van der Waals surface area contributed by atoms with Crippen LogP contribution < -0.4 is 4.90 Å². The van der Waals surface area contributed by atoms with E-state index in [4.69, 9.17) is 11.6 Å². The first-order chi connectivity index (χ1) is 9.65. The number of hydrogen-bond acceptors (Lipinski definition) is 2. The van der Waals surface area contributed by atoms with Crippen molar-refractivity contribution in [2.24, 2.45) is 0 Å². The van der Waals surface area contributed by atoms with Gasteiger partial charge in [0.25, 0.3) is 0 Å². The summed E-state index contributed by atoms with van der Waals surface area (Å²) < 4.78 is 13.2. The molecule has 1 N–H and O–H groups in total. The van der Waals surface area contributed by atoms with Crippen molar-refractivity contribution in [2.45, 2.75) is 19.1 Å². The standard InChI is InChI=1S/C16H15ClFNO/c17-13-9-11(5-6-14(13)18)10-19-8-7-16(20)12-3-1-2-4-15(12)19/h1-6,9,16,20H,7-8,10H2. The van der Waals surface area contributed by atoms with Gasteiger partial charge in [0.1, 0.15) is 5.82 Å². The van der Waals surface area contributed by atoms with Crippen molar-refractivity contribution in [1.82, 2.24) is 0 Å². The fraction of sp³-hybridized carbons (Fsp3) is 0.250. The summed E-state index contributed by atoms with van der Waals surface area (Å²) in [7, 11) is 0. The van der Waals surface area contributed by atoms with E-state index in [0.717, 1.165) is 23.4 Å². The van der Waals surface area contributed by atoms with Gasteiger partial charge in [0.05, 0.1) is 11.1 Å². The van der Waals surface area contributed by atoms with Gasteiger partial charge in [0.15, 0.2) is 0 Å². The molecule has 0 spiro atoms. The van der Waals surface area contributed by atoms with Gasteiger partial charge in [0.2, 0.25) is 0 Å². The van der Waals surface area contributed by atoms with Crippen LogP contribution in [0.4, 0.5) is 10.1 Å². The summed E-state index contributed by atoms with van der Waals surface area (Å²) in [5, 5.41) is 10.2. The summed E-state index contributed by atoms with van der Waals surface area (Å²) in [5.74, 6) is -0.398. The number of rotatable bonds is 2. The second-order valence-electron chi connectivity index (χ2n) is 5.03. The minimum absolute atomic E-state index is 0.146. The fourth-order valence-corrected chi connectivity index (χ4v) is 2.84. The highest BCUT2D eigenvalue weighted by molar-refractivity contribution is 6.30. The monoisotopic (exact) mass is 291 g/mol. The molecule has 1 aliphatic rings. The first-order valence-electron chi connectivity index (χ1n) is 6.61. The van der Waals surface area contributed by atoms with Crippen molar-refractivity contribution >= 4 is 17.3 Å². The number of fused-ring (bicyclic) bond motifs is 1. The summed E-state index contributed by atoms with van der Waals surface area (Å²) in [6.45, 7) is 1.43. The molecule has 0 radical (unpaired) electrons. The van der Waals surface area contributed by atoms with E-state index in [1.165, 1.54) is 6.07 Å². The van der Waals surface area contributed by atoms with Gasteiger partial charge in [-0.15, -0.1) is 0 Å². The Morgan fingerprint density at radius 3 is 2.85 bits per heavy atom. The van der Waals surface area contributed by atoms with E-state index >= 15 is 0 Å². The highest BCUT2D eigenvalue weighted by atomic mass is 35.5. The van der Waals surface area contributed by atoms with E-state index in [1.807, 2.05) is 24.3 Å². The Bertz CT molecular complexity index is 632. The number of aliphatic hydroxyl groups excluding tert-OH is 1. The first-order valence-corrected chi connectivity index (χ1v) is 6.99. The molecule has 2 nitrogen and oxygen atoms in total. The maximum absolute atomic E-state index is 13.2. The Balaban J connectivity index is 1.88. The third-order valence-electron chi connectivity index (χ3n) is 3.67. The largest absolute Gasteiger partial charge is 0.388 e. The number of halogens is 2. The molecule has 1 atom stereocenters. The zero-order valence-electron chi connectivity index (χ0n) is 10.9. The topological polar surface area (TPSA) is 23.5 Å². The molecule has 0 fully saturated rings. The number of hydrogen-bond donors (Lipinski definition) is 1. The Hall–Kier alpha value is -1.58. The van der Waals surface area contributed by atoms with Crippen LogP contribution in [0.25, 0.3) is 0 Å². The number of aliphatic hydroxyl groups is 1. The second-order valence-corrected chi connectivity index (χ2v) is 5.44. The summed E-state index contributed by atoms with van der Waals surface area (Å²) in [6, 6.07) is 12.6. The van der Waals surface area contributed by atoms with Gasteiger partial charge in [-0.05, 0) is 30.2 Å². The lowest BCUT2D eigenvalue weighted by atomic mass is 9.98. The van der Waals surface area contributed by atoms with E-state index in [1.54, 1.807) is 12.1 Å². The molecule has 2 aromatic rings. The van der Waals surface area contributed by atoms with Gasteiger partial charge >= 0.3 is 0 Å². The van der Waals surface area contributed by atoms with Crippen LogP contribution in [0, 0.1) is 5.82 Å². The molecule has 1 aliphatic heterocycles. The van der Waals surface area contributed by atoms with Crippen molar-refractivity contribution in [2.75, 3.05) is 11.4 Å². The van der Waals surface area contributed by atoms with E-state index in [9.17, 15) is 9.50 Å². The minimum atomic E-state index is -0.403. The van der Waals surface area contributed by atoms with Crippen LogP contribution in [0.5, 0.6) is 0 Å². The fourth-order valence-electron chi connectivity index (χ4n) is 2.63. The van der Waals surface area contributed by atoms with E-state index < -0.39 is 11.9 Å². The van der Waals surface area contributed by atoms with Gasteiger partial charge < -0.3 is 10.0 Å². The molecule has 104 valence electrons. The molecule has 3 rings (SSSR count). The van der Waals surface area contributed by atoms with Crippen LogP contribution in [0.2, 0.25) is 5.02 Å². The molecule has 0 saturated carbocycles. The molecule has 0 aromatic heterocycles. The van der Waals surface area contributed by atoms with Crippen LogP contribution in [-0.4, -0.2) is 11.7 Å². The lowest BCUT2D eigenvalue weighted by Crippen LogP contribution is -2.30. The van der Waals surface area contributed by atoms with Crippen molar-refractivity contribution in [3.05, 3.63) is 64.4 Å². The van der Waals surface area contributed by atoms with Crippen molar-refractivity contribution in [3.8, 4) is 0 Å². The summed E-state index contributed by atoms with van der Waals surface area (Å²) >= 11 is 5.82. The molecule has 4 heteroatoms. The SMILES string of the molecule is OC1CCN(Cc2ccc(F)c(Cl)c2)c2ccccc21. The third-order valence-corrected chi connectivity index (χ3v) is 3.96. The molecule has 0 saturated heterocycles. The Kier molecular flexibility index (Phi) is 3.64. The van der Waals surface area contributed by atoms with E-state index in [0.29, 0.717) is 13.0 Å². The van der Waals surface area contributed by atoms with Crippen LogP contribution >= 0.6 is 11.6 Å². The first kappa shape index (κ1) is 13.4. The van der Waals surface area contributed by atoms with Gasteiger partial charge in [-0.3, -0.25) is 0 Å². The van der Waals surface area contributed by atoms with Crippen LogP contribution in [0.15, 0.2) is 42.5 Å². The molecule has 2 aromatic carbocycles. The smallest absolute Gasteiger partial charge is 0.141 e. The van der Waals surface area contributed by atoms with E-state index in [2.05, 4.69) is 4.90 Å². The van der Waals surface area contributed by atoms with Crippen molar-refractivity contribution in [1.29, 1.82) is 0 Å². The third kappa shape index (κ3) is 2.51. The van der Waals surface area contributed by atoms with Gasteiger partial charge in [-0.2, -0.15) is 0 Å². The number of nitrogens with zero attached hydrogens (tertiary/aromatic N) is 1. The van der Waals surface area contributed by atoms with Crippen LogP contribution in [-0.2, 0) is 6.54 Å². The predicted octanol–water partition coefficient (Wildman–Crippen LogP) is 3.92. The highest BCUT2D eigenvalue weighted by Crippen LogP contribution is 2.34. The quantitative estimate of drug-likeness (QED) is 0.906. The Morgan fingerprint density at radius 1 is 1.25 bits per heavy atom. The van der Waals surface area contributed by atoms with Crippen LogP contribution in [0.3, 0.4) is 0 Å². The van der Waals surface area contributed by atoms with Gasteiger partial charge in [0, 0.05) is 24.3 Å². The molecular weight excluding hydrogens is 277 g/mol. The minimum Gasteiger partial charge on any atom is -0.388 e. The lowest BCUT2D eigenvalue weighted by molar-refractivity contribution is 0.164. The lowest BCUT2D eigenvalue weighted by Gasteiger charge is -2.34. The Labute approximate surface area is 122 Å². The maximum atomic E-state index is 13.2. The molecule has 20 heavy (non-hydrogen) atoms. The van der Waals surface area contributed by atoms with Crippen molar-refractivity contribution in [3.63, 3.8) is 0 Å². The Morgan fingerprint density at radius 2 is 2.05 bits per heavy atom. The summed E-state index contributed by atoms with van der Waals surface area (Å²) in [4.78, 5) is 2.19. The molecule has 0 amide bonds. The number of para-hydroxylation sites is 1. The van der Waals surface area contributed by atoms with Gasteiger partial charge in [-0.1, -0.05) is 35.9 Å². The average molecular weight is 292 g/mol. The summed E-state index contributed by atoms with van der Waals surface area (Å²) in [5.41, 5.74) is 2.95. The number of benzene rings is 2. The average Bonchev–Trinajstić information content (AvgIpc) is 2.46. The molecule has 0 aliphatic carbocycles. The maximum Gasteiger partial charge on any atom is 0.141 e. The molecule has 1 heterocycles. The summed E-state index contributed by atoms with van der Waals surface area (Å²) in [6.07, 6.45) is 0.297. The second kappa shape index (κ2) is 5.43. The molecular formula is C16H15ClFNO.